The second kappa shape index (κ2) is 5.85. The highest BCUT2D eigenvalue weighted by Gasteiger charge is 2.18. The monoisotopic (exact) mass is 250 g/mol. The SMILES string of the molecule is Nc1ccc(F)c(C(=O)NC2CCCCCC2)c1. The van der Waals surface area contributed by atoms with Crippen LogP contribution < -0.4 is 11.1 Å². The van der Waals surface area contributed by atoms with Gasteiger partial charge in [0.15, 0.2) is 0 Å². The molecule has 0 unspecified atom stereocenters. The molecule has 2 rings (SSSR count). The van der Waals surface area contributed by atoms with Crippen molar-refractivity contribution < 1.29 is 9.18 Å². The number of carbonyl (C=O) groups excluding carboxylic acids is 1. The van der Waals surface area contributed by atoms with Gasteiger partial charge in [0.1, 0.15) is 5.82 Å². The lowest BCUT2D eigenvalue weighted by Crippen LogP contribution is -2.34. The number of benzene rings is 1. The molecule has 1 aromatic rings. The van der Waals surface area contributed by atoms with Crippen molar-refractivity contribution in [3.05, 3.63) is 29.6 Å². The molecule has 1 fully saturated rings. The van der Waals surface area contributed by atoms with E-state index in [4.69, 9.17) is 5.73 Å². The summed E-state index contributed by atoms with van der Waals surface area (Å²) in [5, 5.41) is 2.91. The van der Waals surface area contributed by atoms with Crippen LogP contribution in [0.4, 0.5) is 10.1 Å². The first-order chi connectivity index (χ1) is 8.66. The van der Waals surface area contributed by atoms with Gasteiger partial charge in [-0.05, 0) is 31.0 Å². The summed E-state index contributed by atoms with van der Waals surface area (Å²) in [7, 11) is 0. The summed E-state index contributed by atoms with van der Waals surface area (Å²) in [5.41, 5.74) is 6.02. The predicted molar refractivity (Wildman–Crippen MR) is 69.8 cm³/mol. The lowest BCUT2D eigenvalue weighted by Gasteiger charge is -2.16. The lowest BCUT2D eigenvalue weighted by molar-refractivity contribution is 0.0929. The van der Waals surface area contributed by atoms with Crippen LogP contribution in [0.25, 0.3) is 0 Å². The van der Waals surface area contributed by atoms with E-state index in [2.05, 4.69) is 5.32 Å². The molecule has 98 valence electrons. The summed E-state index contributed by atoms with van der Waals surface area (Å²) in [6.45, 7) is 0. The molecule has 0 radical (unpaired) electrons. The van der Waals surface area contributed by atoms with Gasteiger partial charge >= 0.3 is 0 Å². The first kappa shape index (κ1) is 12.9. The zero-order valence-electron chi connectivity index (χ0n) is 10.4. The molecule has 0 bridgehead atoms. The van der Waals surface area contributed by atoms with Crippen molar-refractivity contribution in [3.8, 4) is 0 Å². The van der Waals surface area contributed by atoms with Gasteiger partial charge in [-0.2, -0.15) is 0 Å². The van der Waals surface area contributed by atoms with Crippen molar-refractivity contribution >= 4 is 11.6 Å². The van der Waals surface area contributed by atoms with E-state index in [1.165, 1.54) is 31.0 Å². The number of rotatable bonds is 2. The highest BCUT2D eigenvalue weighted by Crippen LogP contribution is 2.18. The fraction of sp³-hybridized carbons (Fsp3) is 0.500. The number of nitrogen functional groups attached to an aromatic ring is 1. The number of hydrogen-bond donors (Lipinski definition) is 2. The van der Waals surface area contributed by atoms with Crippen molar-refractivity contribution in [1.82, 2.24) is 5.32 Å². The second-order valence-corrected chi connectivity index (χ2v) is 4.90. The van der Waals surface area contributed by atoms with Crippen LogP contribution in [-0.2, 0) is 0 Å². The topological polar surface area (TPSA) is 55.1 Å². The van der Waals surface area contributed by atoms with Gasteiger partial charge in [0, 0.05) is 11.7 Å². The Hall–Kier alpha value is -1.58. The standard InChI is InChI=1S/C14H19FN2O/c15-13-8-7-10(16)9-12(13)14(18)17-11-5-3-1-2-4-6-11/h7-9,11H,1-6,16H2,(H,17,18). The van der Waals surface area contributed by atoms with E-state index in [9.17, 15) is 9.18 Å². The van der Waals surface area contributed by atoms with E-state index < -0.39 is 5.82 Å². The number of nitrogens with one attached hydrogen (secondary N) is 1. The van der Waals surface area contributed by atoms with Crippen molar-refractivity contribution in [1.29, 1.82) is 0 Å². The summed E-state index contributed by atoms with van der Waals surface area (Å²) in [4.78, 5) is 12.0. The van der Waals surface area contributed by atoms with Gasteiger partial charge < -0.3 is 11.1 Å². The Kier molecular flexibility index (Phi) is 4.18. The van der Waals surface area contributed by atoms with Gasteiger partial charge in [-0.25, -0.2) is 4.39 Å². The number of halogens is 1. The average molecular weight is 250 g/mol. The van der Waals surface area contributed by atoms with Crippen LogP contribution >= 0.6 is 0 Å². The molecule has 1 amide bonds. The molecule has 18 heavy (non-hydrogen) atoms. The van der Waals surface area contributed by atoms with Gasteiger partial charge in [-0.3, -0.25) is 4.79 Å². The number of anilines is 1. The van der Waals surface area contributed by atoms with E-state index in [1.807, 2.05) is 0 Å². The minimum Gasteiger partial charge on any atom is -0.399 e. The Morgan fingerprint density at radius 3 is 2.56 bits per heavy atom. The molecule has 4 heteroatoms. The van der Waals surface area contributed by atoms with Crippen LogP contribution in [0.5, 0.6) is 0 Å². The molecule has 0 spiro atoms. The number of hydrogen-bond acceptors (Lipinski definition) is 2. The highest BCUT2D eigenvalue weighted by atomic mass is 19.1. The van der Waals surface area contributed by atoms with Crippen molar-refractivity contribution in [2.45, 2.75) is 44.6 Å². The first-order valence-electron chi connectivity index (χ1n) is 6.52. The van der Waals surface area contributed by atoms with Crippen LogP contribution in [0.3, 0.4) is 0 Å². The zero-order valence-corrected chi connectivity index (χ0v) is 10.4. The Morgan fingerprint density at radius 1 is 1.22 bits per heavy atom. The summed E-state index contributed by atoms with van der Waals surface area (Å²) < 4.78 is 13.5. The third-order valence-electron chi connectivity index (χ3n) is 3.43. The van der Waals surface area contributed by atoms with Crippen molar-refractivity contribution in [3.63, 3.8) is 0 Å². The van der Waals surface area contributed by atoms with Crippen LogP contribution in [-0.4, -0.2) is 11.9 Å². The number of carbonyl (C=O) groups is 1. The minimum absolute atomic E-state index is 0.0410. The van der Waals surface area contributed by atoms with E-state index >= 15 is 0 Å². The van der Waals surface area contributed by atoms with Gasteiger partial charge in [0.05, 0.1) is 5.56 Å². The van der Waals surface area contributed by atoms with E-state index in [0.29, 0.717) is 5.69 Å². The van der Waals surface area contributed by atoms with Crippen LogP contribution in [0.15, 0.2) is 18.2 Å². The molecule has 0 heterocycles. The highest BCUT2D eigenvalue weighted by molar-refractivity contribution is 5.95. The van der Waals surface area contributed by atoms with Gasteiger partial charge in [-0.15, -0.1) is 0 Å². The fourth-order valence-corrected chi connectivity index (χ4v) is 2.40. The van der Waals surface area contributed by atoms with E-state index in [0.717, 1.165) is 25.7 Å². The minimum atomic E-state index is -0.518. The molecule has 1 aliphatic carbocycles. The molecule has 0 atom stereocenters. The first-order valence-corrected chi connectivity index (χ1v) is 6.52. The van der Waals surface area contributed by atoms with Crippen LogP contribution in [0.1, 0.15) is 48.9 Å². The lowest BCUT2D eigenvalue weighted by atomic mass is 10.1. The molecule has 0 saturated heterocycles. The third kappa shape index (κ3) is 3.22. The third-order valence-corrected chi connectivity index (χ3v) is 3.43. The van der Waals surface area contributed by atoms with Gasteiger partial charge in [0.2, 0.25) is 0 Å². The average Bonchev–Trinajstić information content (AvgIpc) is 2.61. The summed E-state index contributed by atoms with van der Waals surface area (Å²) >= 11 is 0. The molecule has 0 aliphatic heterocycles. The second-order valence-electron chi connectivity index (χ2n) is 4.90. The van der Waals surface area contributed by atoms with Gasteiger partial charge in [0.25, 0.3) is 5.91 Å². The number of nitrogens with two attached hydrogens (primary N) is 1. The summed E-state index contributed by atoms with van der Waals surface area (Å²) in [6.07, 6.45) is 6.66. The van der Waals surface area contributed by atoms with Crippen LogP contribution in [0, 0.1) is 5.82 Å². The zero-order chi connectivity index (χ0) is 13.0. The smallest absolute Gasteiger partial charge is 0.254 e. The summed E-state index contributed by atoms with van der Waals surface area (Å²) in [5.74, 6) is -0.873. The molecular formula is C14H19FN2O. The Labute approximate surface area is 107 Å². The molecule has 3 N–H and O–H groups in total. The predicted octanol–water partition coefficient (Wildman–Crippen LogP) is 2.86. The maximum atomic E-state index is 13.5. The maximum Gasteiger partial charge on any atom is 0.254 e. The quantitative estimate of drug-likeness (QED) is 0.626. The van der Waals surface area contributed by atoms with E-state index in [-0.39, 0.29) is 17.5 Å². The normalized spacial score (nSPS) is 17.2. The van der Waals surface area contributed by atoms with E-state index in [1.54, 1.807) is 0 Å². The molecular weight excluding hydrogens is 231 g/mol. The Balaban J connectivity index is 2.04. The molecule has 1 aromatic carbocycles. The Bertz CT molecular complexity index is 426. The van der Waals surface area contributed by atoms with Crippen molar-refractivity contribution in [2.24, 2.45) is 0 Å². The maximum absolute atomic E-state index is 13.5. The fourth-order valence-electron chi connectivity index (χ4n) is 2.40. The molecule has 1 aliphatic rings. The molecule has 1 saturated carbocycles. The van der Waals surface area contributed by atoms with Crippen molar-refractivity contribution in [2.75, 3.05) is 5.73 Å². The number of amides is 1. The molecule has 3 nitrogen and oxygen atoms in total. The summed E-state index contributed by atoms with van der Waals surface area (Å²) in [6, 6.07) is 4.25. The van der Waals surface area contributed by atoms with Crippen LogP contribution in [0.2, 0.25) is 0 Å². The largest absolute Gasteiger partial charge is 0.399 e. The Morgan fingerprint density at radius 2 is 1.89 bits per heavy atom. The van der Waals surface area contributed by atoms with Gasteiger partial charge in [-0.1, -0.05) is 25.7 Å². The molecule has 0 aromatic heterocycles.